The van der Waals surface area contributed by atoms with Gasteiger partial charge in [0.1, 0.15) is 5.69 Å². The van der Waals surface area contributed by atoms with Crippen LogP contribution in [0, 0.1) is 0 Å². The molecule has 2 aromatic heterocycles. The standard InChI is InChI=1S/C14H12N2O3/c1-7(17)8-2-3-11-9(4-8)10-5-12(14(18)19)15-6-13(10)16-11/h2-7,16-17H,1H3,(H,18,19). The number of benzene rings is 1. The second-order valence-corrected chi connectivity index (χ2v) is 4.53. The van der Waals surface area contributed by atoms with Gasteiger partial charge in [-0.3, -0.25) is 0 Å². The second kappa shape index (κ2) is 4.07. The zero-order valence-electron chi connectivity index (χ0n) is 10.2. The molecule has 19 heavy (non-hydrogen) atoms. The van der Waals surface area contributed by atoms with Crippen molar-refractivity contribution >= 4 is 27.8 Å². The van der Waals surface area contributed by atoms with Crippen LogP contribution in [-0.2, 0) is 0 Å². The highest BCUT2D eigenvalue weighted by Crippen LogP contribution is 2.28. The number of aromatic nitrogens is 2. The van der Waals surface area contributed by atoms with Crippen molar-refractivity contribution in [2.24, 2.45) is 0 Å². The van der Waals surface area contributed by atoms with Crippen LogP contribution in [0.25, 0.3) is 21.8 Å². The number of fused-ring (bicyclic) bond motifs is 3. The average molecular weight is 256 g/mol. The Kier molecular flexibility index (Phi) is 2.50. The number of carboxylic acids is 1. The molecule has 96 valence electrons. The van der Waals surface area contributed by atoms with E-state index in [9.17, 15) is 9.90 Å². The molecule has 5 heteroatoms. The van der Waals surface area contributed by atoms with Crippen LogP contribution < -0.4 is 0 Å². The number of pyridine rings is 1. The van der Waals surface area contributed by atoms with Gasteiger partial charge in [-0.1, -0.05) is 6.07 Å². The molecule has 0 aliphatic rings. The summed E-state index contributed by atoms with van der Waals surface area (Å²) < 4.78 is 0. The summed E-state index contributed by atoms with van der Waals surface area (Å²) in [5.41, 5.74) is 2.48. The fourth-order valence-electron chi connectivity index (χ4n) is 2.19. The Bertz CT molecular complexity index is 790. The summed E-state index contributed by atoms with van der Waals surface area (Å²) in [7, 11) is 0. The highest BCUT2D eigenvalue weighted by atomic mass is 16.4. The third kappa shape index (κ3) is 1.84. The Morgan fingerprint density at radius 3 is 2.68 bits per heavy atom. The van der Waals surface area contributed by atoms with E-state index in [1.54, 1.807) is 13.0 Å². The Morgan fingerprint density at radius 2 is 2.00 bits per heavy atom. The van der Waals surface area contributed by atoms with Crippen molar-refractivity contribution in [3.63, 3.8) is 0 Å². The van der Waals surface area contributed by atoms with Gasteiger partial charge in [-0.25, -0.2) is 9.78 Å². The van der Waals surface area contributed by atoms with Crippen molar-refractivity contribution in [1.82, 2.24) is 9.97 Å². The predicted molar refractivity (Wildman–Crippen MR) is 71.2 cm³/mol. The lowest BCUT2D eigenvalue weighted by molar-refractivity contribution is 0.0690. The SMILES string of the molecule is CC(O)c1ccc2[nH]c3cnc(C(=O)O)cc3c2c1. The Morgan fingerprint density at radius 1 is 1.26 bits per heavy atom. The Hall–Kier alpha value is -2.40. The number of carbonyl (C=O) groups is 1. The van der Waals surface area contributed by atoms with E-state index in [0.717, 1.165) is 27.4 Å². The van der Waals surface area contributed by atoms with Gasteiger partial charge in [0.15, 0.2) is 0 Å². The molecule has 2 heterocycles. The third-order valence-corrected chi connectivity index (χ3v) is 3.21. The third-order valence-electron chi connectivity index (χ3n) is 3.21. The van der Waals surface area contributed by atoms with Crippen LogP contribution in [0.5, 0.6) is 0 Å². The molecule has 1 unspecified atom stereocenters. The van der Waals surface area contributed by atoms with E-state index >= 15 is 0 Å². The summed E-state index contributed by atoms with van der Waals surface area (Å²) in [4.78, 5) is 18.0. The van der Waals surface area contributed by atoms with E-state index in [4.69, 9.17) is 5.11 Å². The first kappa shape index (κ1) is 11.7. The molecule has 3 rings (SSSR count). The van der Waals surface area contributed by atoms with Crippen molar-refractivity contribution in [2.45, 2.75) is 13.0 Å². The molecular formula is C14H12N2O3. The molecule has 0 saturated carbocycles. The van der Waals surface area contributed by atoms with E-state index in [1.807, 2.05) is 18.2 Å². The van der Waals surface area contributed by atoms with Gasteiger partial charge in [0.2, 0.25) is 0 Å². The zero-order valence-corrected chi connectivity index (χ0v) is 10.2. The molecule has 0 aliphatic heterocycles. The van der Waals surface area contributed by atoms with Crippen LogP contribution in [0.4, 0.5) is 0 Å². The Balaban J connectivity index is 2.34. The maximum absolute atomic E-state index is 11.0. The number of aromatic carboxylic acids is 1. The van der Waals surface area contributed by atoms with Gasteiger partial charge in [-0.05, 0) is 30.7 Å². The van der Waals surface area contributed by atoms with Crippen LogP contribution in [-0.4, -0.2) is 26.2 Å². The molecule has 0 bridgehead atoms. The van der Waals surface area contributed by atoms with Gasteiger partial charge in [-0.2, -0.15) is 0 Å². The molecule has 5 nitrogen and oxygen atoms in total. The lowest BCUT2D eigenvalue weighted by atomic mass is 10.1. The predicted octanol–water partition coefficient (Wildman–Crippen LogP) is 2.47. The molecule has 0 spiro atoms. The fourth-order valence-corrected chi connectivity index (χ4v) is 2.19. The first-order valence-corrected chi connectivity index (χ1v) is 5.89. The van der Waals surface area contributed by atoms with Crippen LogP contribution in [0.15, 0.2) is 30.5 Å². The monoisotopic (exact) mass is 256 g/mol. The molecule has 3 aromatic rings. The van der Waals surface area contributed by atoms with Crippen LogP contribution in [0.2, 0.25) is 0 Å². The van der Waals surface area contributed by atoms with Crippen LogP contribution in [0.3, 0.4) is 0 Å². The van der Waals surface area contributed by atoms with Gasteiger partial charge in [0.25, 0.3) is 0 Å². The van der Waals surface area contributed by atoms with Gasteiger partial charge >= 0.3 is 5.97 Å². The lowest BCUT2D eigenvalue weighted by Crippen LogP contribution is -1.98. The molecular weight excluding hydrogens is 244 g/mol. The van der Waals surface area contributed by atoms with Crippen molar-refractivity contribution < 1.29 is 15.0 Å². The minimum absolute atomic E-state index is 0.0100. The first-order chi connectivity index (χ1) is 9.06. The molecule has 0 aliphatic carbocycles. The minimum Gasteiger partial charge on any atom is -0.477 e. The van der Waals surface area contributed by atoms with E-state index in [2.05, 4.69) is 9.97 Å². The number of aliphatic hydroxyl groups excluding tert-OH is 1. The molecule has 1 atom stereocenters. The summed E-state index contributed by atoms with van der Waals surface area (Å²) >= 11 is 0. The number of nitrogens with zero attached hydrogens (tertiary/aromatic N) is 1. The number of H-pyrrole nitrogens is 1. The van der Waals surface area contributed by atoms with Crippen LogP contribution in [0.1, 0.15) is 29.1 Å². The summed E-state index contributed by atoms with van der Waals surface area (Å²) in [6.07, 6.45) is 0.955. The zero-order chi connectivity index (χ0) is 13.6. The number of nitrogens with one attached hydrogen (secondary N) is 1. The first-order valence-electron chi connectivity index (χ1n) is 5.89. The highest BCUT2D eigenvalue weighted by molar-refractivity contribution is 6.08. The quantitative estimate of drug-likeness (QED) is 0.657. The van der Waals surface area contributed by atoms with E-state index in [1.165, 1.54) is 6.20 Å². The summed E-state index contributed by atoms with van der Waals surface area (Å²) in [5.74, 6) is -1.05. The lowest BCUT2D eigenvalue weighted by Gasteiger charge is -2.04. The molecule has 1 aromatic carbocycles. The summed E-state index contributed by atoms with van der Waals surface area (Å²) in [6, 6.07) is 7.12. The van der Waals surface area contributed by atoms with E-state index in [-0.39, 0.29) is 5.69 Å². The molecule has 0 radical (unpaired) electrons. The van der Waals surface area contributed by atoms with Gasteiger partial charge < -0.3 is 15.2 Å². The largest absolute Gasteiger partial charge is 0.477 e. The van der Waals surface area contributed by atoms with Gasteiger partial charge in [-0.15, -0.1) is 0 Å². The minimum atomic E-state index is -1.05. The maximum Gasteiger partial charge on any atom is 0.354 e. The van der Waals surface area contributed by atoms with Crippen molar-refractivity contribution in [2.75, 3.05) is 0 Å². The molecule has 0 saturated heterocycles. The Labute approximate surface area is 108 Å². The molecule has 0 amide bonds. The van der Waals surface area contributed by atoms with E-state index in [0.29, 0.717) is 0 Å². The topological polar surface area (TPSA) is 86.2 Å². The van der Waals surface area contributed by atoms with Gasteiger partial charge in [0, 0.05) is 16.3 Å². The average Bonchev–Trinajstić information content (AvgIpc) is 2.75. The number of rotatable bonds is 2. The highest BCUT2D eigenvalue weighted by Gasteiger charge is 2.11. The number of hydrogen-bond donors (Lipinski definition) is 3. The maximum atomic E-state index is 11.0. The van der Waals surface area contributed by atoms with Gasteiger partial charge in [0.05, 0.1) is 17.8 Å². The van der Waals surface area contributed by atoms with E-state index < -0.39 is 12.1 Å². The summed E-state index contributed by atoms with van der Waals surface area (Å²) in [5, 5.41) is 20.3. The number of carboxylic acid groups (broad SMARTS) is 1. The van der Waals surface area contributed by atoms with Crippen molar-refractivity contribution in [3.05, 3.63) is 41.7 Å². The normalized spacial score (nSPS) is 12.9. The molecule has 3 N–H and O–H groups in total. The summed E-state index contributed by atoms with van der Waals surface area (Å²) in [6.45, 7) is 1.69. The molecule has 0 fully saturated rings. The smallest absolute Gasteiger partial charge is 0.354 e. The fraction of sp³-hybridized carbons (Fsp3) is 0.143. The van der Waals surface area contributed by atoms with Crippen LogP contribution >= 0.6 is 0 Å². The second-order valence-electron chi connectivity index (χ2n) is 4.53. The number of aromatic amines is 1. The number of aliphatic hydroxyl groups is 1. The van der Waals surface area contributed by atoms with Crippen molar-refractivity contribution in [3.8, 4) is 0 Å². The van der Waals surface area contributed by atoms with Crippen molar-refractivity contribution in [1.29, 1.82) is 0 Å². The number of hydrogen-bond acceptors (Lipinski definition) is 3.